The molecule has 0 saturated heterocycles. The van der Waals surface area contributed by atoms with Crippen LogP contribution in [-0.2, 0) is 7.05 Å². The molecule has 18 heavy (non-hydrogen) atoms. The van der Waals surface area contributed by atoms with Crippen molar-refractivity contribution in [3.8, 4) is 0 Å². The summed E-state index contributed by atoms with van der Waals surface area (Å²) >= 11 is 0. The summed E-state index contributed by atoms with van der Waals surface area (Å²) in [6, 6.07) is 10.3. The van der Waals surface area contributed by atoms with Gasteiger partial charge in [0.1, 0.15) is 12.7 Å². The summed E-state index contributed by atoms with van der Waals surface area (Å²) in [5.41, 5.74) is 11.6. The van der Waals surface area contributed by atoms with Gasteiger partial charge in [-0.3, -0.25) is 0 Å². The Kier molecular flexibility index (Phi) is 3.47. The molecule has 0 amide bonds. The van der Waals surface area contributed by atoms with Crippen molar-refractivity contribution >= 4 is 17.8 Å². The van der Waals surface area contributed by atoms with Crippen LogP contribution in [0.3, 0.4) is 0 Å². The molecule has 1 aromatic heterocycles. The molecule has 2 nitrogen and oxygen atoms in total. The Balaban J connectivity index is 2.44. The van der Waals surface area contributed by atoms with Crippen molar-refractivity contribution in [3.63, 3.8) is 0 Å². The number of nitrogen functional groups attached to an aromatic ring is 1. The second kappa shape index (κ2) is 5.05. The molecule has 0 spiro atoms. The van der Waals surface area contributed by atoms with Gasteiger partial charge >= 0.3 is 0 Å². The SMILES string of the molecule is Cc1c(N)c[n+](C)c(C)c1C=Cc1ccccc1. The molecule has 0 saturated carbocycles. The zero-order valence-corrected chi connectivity index (χ0v) is 11.1. The quantitative estimate of drug-likeness (QED) is 0.802. The monoisotopic (exact) mass is 239 g/mol. The minimum Gasteiger partial charge on any atom is -0.394 e. The third-order valence-electron chi connectivity index (χ3n) is 3.33. The van der Waals surface area contributed by atoms with Gasteiger partial charge in [0.25, 0.3) is 0 Å². The van der Waals surface area contributed by atoms with E-state index in [1.807, 2.05) is 31.4 Å². The molecule has 0 aliphatic heterocycles. The van der Waals surface area contributed by atoms with Crippen LogP contribution < -0.4 is 10.3 Å². The van der Waals surface area contributed by atoms with Crippen LogP contribution in [-0.4, -0.2) is 0 Å². The number of nitrogens with two attached hydrogens (primary N) is 1. The highest BCUT2D eigenvalue weighted by molar-refractivity contribution is 5.73. The van der Waals surface area contributed by atoms with E-state index in [9.17, 15) is 0 Å². The number of pyridine rings is 1. The van der Waals surface area contributed by atoms with Crippen LogP contribution in [0.2, 0.25) is 0 Å². The zero-order valence-electron chi connectivity index (χ0n) is 11.1. The van der Waals surface area contributed by atoms with Crippen molar-refractivity contribution in [3.05, 3.63) is 58.9 Å². The molecule has 92 valence electrons. The van der Waals surface area contributed by atoms with Crippen LogP contribution in [0.25, 0.3) is 12.2 Å². The fraction of sp³-hybridized carbons (Fsp3) is 0.188. The largest absolute Gasteiger partial charge is 0.394 e. The van der Waals surface area contributed by atoms with Crippen molar-refractivity contribution in [1.29, 1.82) is 0 Å². The van der Waals surface area contributed by atoms with E-state index in [1.54, 1.807) is 0 Å². The normalized spacial score (nSPS) is 11.1. The Morgan fingerprint density at radius 1 is 1.06 bits per heavy atom. The van der Waals surface area contributed by atoms with Gasteiger partial charge in [0.15, 0.2) is 11.9 Å². The molecule has 2 heteroatoms. The molecular weight excluding hydrogens is 220 g/mol. The van der Waals surface area contributed by atoms with E-state index in [4.69, 9.17) is 5.73 Å². The van der Waals surface area contributed by atoms with Gasteiger partial charge in [0.05, 0.1) is 0 Å². The van der Waals surface area contributed by atoms with Crippen LogP contribution >= 0.6 is 0 Å². The zero-order chi connectivity index (χ0) is 13.1. The summed E-state index contributed by atoms with van der Waals surface area (Å²) < 4.78 is 2.06. The molecule has 0 unspecified atom stereocenters. The highest BCUT2D eigenvalue weighted by Gasteiger charge is 2.12. The average Bonchev–Trinajstić information content (AvgIpc) is 2.38. The van der Waals surface area contributed by atoms with E-state index >= 15 is 0 Å². The molecule has 0 radical (unpaired) electrons. The maximum atomic E-state index is 6.00. The summed E-state index contributed by atoms with van der Waals surface area (Å²) in [5.74, 6) is 0. The van der Waals surface area contributed by atoms with E-state index in [-0.39, 0.29) is 0 Å². The fourth-order valence-corrected chi connectivity index (χ4v) is 2.01. The lowest BCUT2D eigenvalue weighted by molar-refractivity contribution is -0.677. The molecule has 0 bridgehead atoms. The third kappa shape index (κ3) is 2.43. The summed E-state index contributed by atoms with van der Waals surface area (Å²) in [5, 5.41) is 0. The van der Waals surface area contributed by atoms with Crippen LogP contribution in [0, 0.1) is 13.8 Å². The van der Waals surface area contributed by atoms with Gasteiger partial charge in [-0.25, -0.2) is 4.57 Å². The first-order valence-electron chi connectivity index (χ1n) is 6.08. The van der Waals surface area contributed by atoms with Crippen molar-refractivity contribution in [2.45, 2.75) is 13.8 Å². The highest BCUT2D eigenvalue weighted by Crippen LogP contribution is 2.19. The standard InChI is InChI=1S/C16H19N2/c1-12-15(13(2)18(3)11-16(12)17)10-9-14-7-5-4-6-8-14/h4-11H,17H2,1-3H3/q+1. The number of hydrogen-bond acceptors (Lipinski definition) is 1. The Bertz CT molecular complexity index is 558. The van der Waals surface area contributed by atoms with Crippen molar-refractivity contribution < 1.29 is 4.57 Å². The van der Waals surface area contributed by atoms with Crippen LogP contribution in [0.5, 0.6) is 0 Å². The molecule has 2 N–H and O–H groups in total. The molecule has 0 atom stereocenters. The van der Waals surface area contributed by atoms with E-state index < -0.39 is 0 Å². The minimum atomic E-state index is 0.829. The summed E-state index contributed by atoms with van der Waals surface area (Å²) in [4.78, 5) is 0. The van der Waals surface area contributed by atoms with Crippen molar-refractivity contribution in [2.75, 3.05) is 5.73 Å². The first kappa shape index (κ1) is 12.4. The summed E-state index contributed by atoms with van der Waals surface area (Å²) in [7, 11) is 2.02. The van der Waals surface area contributed by atoms with Crippen LogP contribution in [0.4, 0.5) is 5.69 Å². The molecule has 2 rings (SSSR count). The first-order chi connectivity index (χ1) is 8.59. The van der Waals surface area contributed by atoms with Crippen LogP contribution in [0.15, 0.2) is 36.5 Å². The predicted octanol–water partition coefficient (Wildman–Crippen LogP) is 2.88. The number of aromatic nitrogens is 1. The van der Waals surface area contributed by atoms with E-state index in [0.29, 0.717) is 0 Å². The van der Waals surface area contributed by atoms with E-state index in [2.05, 4.69) is 42.7 Å². The second-order valence-corrected chi connectivity index (χ2v) is 4.56. The van der Waals surface area contributed by atoms with Crippen molar-refractivity contribution in [2.24, 2.45) is 7.05 Å². The molecular formula is C16H19N2+. The molecule has 0 aliphatic carbocycles. The molecule has 0 aliphatic rings. The Hall–Kier alpha value is -2.09. The van der Waals surface area contributed by atoms with Gasteiger partial charge in [-0.1, -0.05) is 36.4 Å². The molecule has 0 fully saturated rings. The minimum absolute atomic E-state index is 0.829. The second-order valence-electron chi connectivity index (χ2n) is 4.56. The number of nitrogens with zero attached hydrogens (tertiary/aromatic N) is 1. The lowest BCUT2D eigenvalue weighted by Gasteiger charge is -2.06. The van der Waals surface area contributed by atoms with Crippen LogP contribution in [0.1, 0.15) is 22.4 Å². The highest BCUT2D eigenvalue weighted by atomic mass is 14.9. The number of rotatable bonds is 2. The van der Waals surface area contributed by atoms with Gasteiger partial charge in [0, 0.05) is 12.5 Å². The maximum absolute atomic E-state index is 6.00. The number of aryl methyl sites for hydroxylation is 1. The van der Waals surface area contributed by atoms with Gasteiger partial charge in [-0.2, -0.15) is 0 Å². The van der Waals surface area contributed by atoms with Crippen molar-refractivity contribution in [1.82, 2.24) is 0 Å². The number of hydrogen-bond donors (Lipinski definition) is 1. The Morgan fingerprint density at radius 2 is 1.72 bits per heavy atom. The van der Waals surface area contributed by atoms with Gasteiger partial charge in [-0.05, 0) is 24.1 Å². The third-order valence-corrected chi connectivity index (χ3v) is 3.33. The Labute approximate surface area is 108 Å². The van der Waals surface area contributed by atoms with E-state index in [0.717, 1.165) is 11.3 Å². The summed E-state index contributed by atoms with van der Waals surface area (Å²) in [6.45, 7) is 4.17. The fourth-order valence-electron chi connectivity index (χ4n) is 2.01. The number of benzene rings is 1. The number of anilines is 1. The average molecular weight is 239 g/mol. The Morgan fingerprint density at radius 3 is 2.39 bits per heavy atom. The predicted molar refractivity (Wildman–Crippen MR) is 76.9 cm³/mol. The maximum Gasteiger partial charge on any atom is 0.192 e. The first-order valence-corrected chi connectivity index (χ1v) is 6.08. The van der Waals surface area contributed by atoms with Gasteiger partial charge in [-0.15, -0.1) is 0 Å². The molecule has 2 aromatic rings. The molecule has 1 aromatic carbocycles. The van der Waals surface area contributed by atoms with Gasteiger partial charge in [0.2, 0.25) is 0 Å². The molecule has 1 heterocycles. The lowest BCUT2D eigenvalue weighted by atomic mass is 10.0. The van der Waals surface area contributed by atoms with Gasteiger partial charge < -0.3 is 5.73 Å². The lowest BCUT2D eigenvalue weighted by Crippen LogP contribution is -2.33. The topological polar surface area (TPSA) is 29.9 Å². The van der Waals surface area contributed by atoms with E-state index in [1.165, 1.54) is 16.8 Å². The smallest absolute Gasteiger partial charge is 0.192 e. The summed E-state index contributed by atoms with van der Waals surface area (Å²) in [6.07, 6.45) is 6.22.